The van der Waals surface area contributed by atoms with Crippen LogP contribution in [-0.2, 0) is 16.0 Å². The van der Waals surface area contributed by atoms with Gasteiger partial charge in [-0.2, -0.15) is 0 Å². The Bertz CT molecular complexity index is 1210. The number of halogens is 2. The molecule has 3 aromatic rings. The molecule has 1 unspecified atom stereocenters. The van der Waals surface area contributed by atoms with Crippen molar-refractivity contribution in [3.05, 3.63) is 47.8 Å². The van der Waals surface area contributed by atoms with E-state index in [1.807, 2.05) is 33.8 Å². The molecule has 1 aliphatic rings. The first-order valence-electron chi connectivity index (χ1n) is 11.6. The van der Waals surface area contributed by atoms with E-state index in [1.54, 1.807) is 21.8 Å². The van der Waals surface area contributed by atoms with Gasteiger partial charge in [-0.05, 0) is 57.5 Å². The Kier molecular flexibility index (Phi) is 7.43. The van der Waals surface area contributed by atoms with Crippen molar-refractivity contribution in [2.75, 3.05) is 25.0 Å². The lowest BCUT2D eigenvalue weighted by Gasteiger charge is -2.34. The SMILES string of the molecule is Cc1cc(Nc2cc(C(F)F)ccn2)nc(-c2cn(CC3CN(C(=O)OC(C)(C)C)CCO3)nn2)c1. The van der Waals surface area contributed by atoms with Crippen LogP contribution in [0.5, 0.6) is 0 Å². The van der Waals surface area contributed by atoms with Gasteiger partial charge >= 0.3 is 6.09 Å². The van der Waals surface area contributed by atoms with E-state index in [4.69, 9.17) is 9.47 Å². The van der Waals surface area contributed by atoms with Crippen molar-refractivity contribution in [2.24, 2.45) is 0 Å². The maximum Gasteiger partial charge on any atom is 0.410 e. The van der Waals surface area contributed by atoms with Gasteiger partial charge in [0.05, 0.1) is 37.7 Å². The quantitative estimate of drug-likeness (QED) is 0.531. The van der Waals surface area contributed by atoms with E-state index < -0.39 is 12.0 Å². The van der Waals surface area contributed by atoms with Gasteiger partial charge in [-0.1, -0.05) is 5.21 Å². The van der Waals surface area contributed by atoms with Crippen molar-refractivity contribution < 1.29 is 23.0 Å². The first kappa shape index (κ1) is 25.4. The summed E-state index contributed by atoms with van der Waals surface area (Å²) in [5.74, 6) is 0.714. The van der Waals surface area contributed by atoms with E-state index in [0.29, 0.717) is 43.4 Å². The molecule has 36 heavy (non-hydrogen) atoms. The molecular formula is C24H29F2N7O3. The van der Waals surface area contributed by atoms with Crippen LogP contribution in [0.2, 0.25) is 0 Å². The number of nitrogens with one attached hydrogen (secondary N) is 1. The fraction of sp³-hybridized carbons (Fsp3) is 0.458. The number of amides is 1. The van der Waals surface area contributed by atoms with Gasteiger partial charge in [-0.25, -0.2) is 28.2 Å². The van der Waals surface area contributed by atoms with Gasteiger partial charge in [0.1, 0.15) is 22.9 Å². The molecule has 0 radical (unpaired) electrons. The summed E-state index contributed by atoms with van der Waals surface area (Å²) in [5.41, 5.74) is 1.30. The minimum atomic E-state index is -2.59. The first-order chi connectivity index (χ1) is 17.1. The molecule has 1 atom stereocenters. The minimum absolute atomic E-state index is 0.126. The van der Waals surface area contributed by atoms with Crippen LogP contribution in [0.25, 0.3) is 11.4 Å². The number of rotatable bonds is 6. The van der Waals surface area contributed by atoms with Gasteiger partial charge in [-0.15, -0.1) is 5.10 Å². The Morgan fingerprint density at radius 2 is 2.06 bits per heavy atom. The monoisotopic (exact) mass is 501 g/mol. The molecule has 192 valence electrons. The summed E-state index contributed by atoms with van der Waals surface area (Å²) >= 11 is 0. The normalized spacial score (nSPS) is 16.3. The summed E-state index contributed by atoms with van der Waals surface area (Å²) in [6, 6.07) is 6.19. The predicted octanol–water partition coefficient (Wildman–Crippen LogP) is 4.36. The van der Waals surface area contributed by atoms with E-state index in [2.05, 4.69) is 25.6 Å². The Balaban J connectivity index is 1.43. The Morgan fingerprint density at radius 3 is 2.81 bits per heavy atom. The summed E-state index contributed by atoms with van der Waals surface area (Å²) in [5, 5.41) is 11.4. The average molecular weight is 502 g/mol. The zero-order valence-corrected chi connectivity index (χ0v) is 20.6. The molecule has 1 aliphatic heterocycles. The number of morpholine rings is 1. The highest BCUT2D eigenvalue weighted by molar-refractivity contribution is 5.68. The van der Waals surface area contributed by atoms with Crippen LogP contribution in [0.15, 0.2) is 36.7 Å². The number of hydrogen-bond acceptors (Lipinski definition) is 8. The summed E-state index contributed by atoms with van der Waals surface area (Å²) in [6.07, 6.45) is -0.154. The summed E-state index contributed by atoms with van der Waals surface area (Å²) < 4.78 is 38.9. The molecule has 0 aliphatic carbocycles. The van der Waals surface area contributed by atoms with Gasteiger partial charge in [-0.3, -0.25) is 0 Å². The third-order valence-corrected chi connectivity index (χ3v) is 5.24. The number of aromatic nitrogens is 5. The number of anilines is 2. The van der Waals surface area contributed by atoms with Crippen LogP contribution in [-0.4, -0.2) is 67.4 Å². The molecule has 10 nitrogen and oxygen atoms in total. The fourth-order valence-electron chi connectivity index (χ4n) is 3.68. The zero-order chi connectivity index (χ0) is 25.9. The third kappa shape index (κ3) is 6.72. The lowest BCUT2D eigenvalue weighted by Crippen LogP contribution is -2.48. The highest BCUT2D eigenvalue weighted by Crippen LogP contribution is 2.24. The molecule has 1 fully saturated rings. The Labute approximate surface area is 207 Å². The minimum Gasteiger partial charge on any atom is -0.444 e. The van der Waals surface area contributed by atoms with Crippen molar-refractivity contribution in [1.29, 1.82) is 0 Å². The second-order valence-corrected chi connectivity index (χ2v) is 9.56. The molecule has 1 saturated heterocycles. The second kappa shape index (κ2) is 10.5. The molecule has 1 amide bonds. The van der Waals surface area contributed by atoms with Crippen LogP contribution in [0.3, 0.4) is 0 Å². The highest BCUT2D eigenvalue weighted by Gasteiger charge is 2.28. The van der Waals surface area contributed by atoms with E-state index in [0.717, 1.165) is 5.56 Å². The standard InChI is InChI=1S/C24H29F2N7O3/c1-15-9-18(28-21(10-15)29-20-11-16(22(25)26)5-6-27-20)19-14-33(31-30-19)13-17-12-32(7-8-35-17)23(34)36-24(2,3)4/h5-6,9-11,14,17,22H,7-8,12-13H2,1-4H3,(H,27,28,29). The molecule has 0 aromatic carbocycles. The number of pyridine rings is 2. The van der Waals surface area contributed by atoms with Gasteiger partial charge in [0.15, 0.2) is 0 Å². The zero-order valence-electron chi connectivity index (χ0n) is 20.6. The maximum atomic E-state index is 13.0. The number of ether oxygens (including phenoxy) is 2. The molecule has 4 rings (SSSR count). The summed E-state index contributed by atoms with van der Waals surface area (Å²) in [7, 11) is 0. The molecule has 3 aromatic heterocycles. The first-order valence-corrected chi connectivity index (χ1v) is 11.6. The van der Waals surface area contributed by atoms with Crippen LogP contribution >= 0.6 is 0 Å². The van der Waals surface area contributed by atoms with Crippen molar-refractivity contribution in [3.8, 4) is 11.4 Å². The molecule has 0 spiro atoms. The van der Waals surface area contributed by atoms with Crippen LogP contribution in [0, 0.1) is 6.92 Å². The second-order valence-electron chi connectivity index (χ2n) is 9.56. The van der Waals surface area contributed by atoms with Crippen molar-refractivity contribution in [2.45, 2.75) is 52.4 Å². The summed E-state index contributed by atoms with van der Waals surface area (Å²) in [4.78, 5) is 22.7. The van der Waals surface area contributed by atoms with E-state index in [1.165, 1.54) is 18.3 Å². The predicted molar refractivity (Wildman–Crippen MR) is 128 cm³/mol. The lowest BCUT2D eigenvalue weighted by atomic mass is 10.2. The molecule has 1 N–H and O–H groups in total. The Morgan fingerprint density at radius 1 is 1.25 bits per heavy atom. The van der Waals surface area contributed by atoms with Gasteiger partial charge in [0.2, 0.25) is 0 Å². The number of aryl methyl sites for hydroxylation is 1. The molecule has 12 heteroatoms. The number of alkyl halides is 2. The largest absolute Gasteiger partial charge is 0.444 e. The molecule has 0 bridgehead atoms. The molecule has 0 saturated carbocycles. The fourth-order valence-corrected chi connectivity index (χ4v) is 3.68. The smallest absolute Gasteiger partial charge is 0.410 e. The summed E-state index contributed by atoms with van der Waals surface area (Å²) in [6.45, 7) is 9.03. The number of carbonyl (C=O) groups is 1. The van der Waals surface area contributed by atoms with Crippen LogP contribution in [0.1, 0.15) is 38.3 Å². The van der Waals surface area contributed by atoms with E-state index >= 15 is 0 Å². The van der Waals surface area contributed by atoms with Gasteiger partial charge in [0, 0.05) is 18.3 Å². The number of carbonyl (C=O) groups excluding carboxylic acids is 1. The maximum absolute atomic E-state index is 13.0. The number of hydrogen-bond donors (Lipinski definition) is 1. The average Bonchev–Trinajstić information content (AvgIpc) is 3.26. The van der Waals surface area contributed by atoms with Gasteiger partial charge in [0.25, 0.3) is 6.43 Å². The topological polar surface area (TPSA) is 107 Å². The third-order valence-electron chi connectivity index (χ3n) is 5.24. The number of nitrogens with zero attached hydrogens (tertiary/aromatic N) is 6. The van der Waals surface area contributed by atoms with Crippen molar-refractivity contribution in [1.82, 2.24) is 29.9 Å². The van der Waals surface area contributed by atoms with Gasteiger partial charge < -0.3 is 19.7 Å². The Hall–Kier alpha value is -3.67. The van der Waals surface area contributed by atoms with E-state index in [9.17, 15) is 13.6 Å². The van der Waals surface area contributed by atoms with Crippen LogP contribution in [0.4, 0.5) is 25.2 Å². The molecule has 4 heterocycles. The molecular weight excluding hydrogens is 472 g/mol. The van der Waals surface area contributed by atoms with Crippen molar-refractivity contribution >= 4 is 17.7 Å². The van der Waals surface area contributed by atoms with Crippen molar-refractivity contribution in [3.63, 3.8) is 0 Å². The van der Waals surface area contributed by atoms with E-state index in [-0.39, 0.29) is 23.6 Å². The lowest BCUT2D eigenvalue weighted by molar-refractivity contribution is -0.0484. The highest BCUT2D eigenvalue weighted by atomic mass is 19.3. The van der Waals surface area contributed by atoms with Crippen LogP contribution < -0.4 is 5.32 Å².